The van der Waals surface area contributed by atoms with Gasteiger partial charge in [-0.25, -0.2) is 9.59 Å². The molecule has 4 aromatic carbocycles. The Morgan fingerprint density at radius 1 is 0.521 bits per heavy atom. The molecule has 0 saturated carbocycles. The van der Waals surface area contributed by atoms with Crippen molar-refractivity contribution in [3.05, 3.63) is 119 Å². The number of fused-ring (bicyclic) bond motifs is 6. The first-order valence-electron chi connectivity index (χ1n) is 24.7. The fourth-order valence-corrected chi connectivity index (χ4v) is 8.96. The number of unbranched alkanes of at least 4 members (excludes halogenated alkanes) is 1. The number of rotatable bonds is 34. The van der Waals surface area contributed by atoms with Gasteiger partial charge in [0.2, 0.25) is 17.7 Å². The molecule has 18 nitrogen and oxygen atoms in total. The Morgan fingerprint density at radius 3 is 1.32 bits per heavy atom. The zero-order valence-corrected chi connectivity index (χ0v) is 41.2. The normalized spacial score (nSPS) is 12.7. The number of carboxylic acid groups (broad SMARTS) is 2. The van der Waals surface area contributed by atoms with Crippen molar-refractivity contribution in [1.82, 2.24) is 25.8 Å². The van der Waals surface area contributed by atoms with E-state index in [4.69, 9.17) is 34.8 Å². The first-order chi connectivity index (χ1) is 35.7. The second kappa shape index (κ2) is 30.2. The van der Waals surface area contributed by atoms with Crippen molar-refractivity contribution in [3.63, 3.8) is 0 Å². The van der Waals surface area contributed by atoms with Crippen LogP contribution in [0.5, 0.6) is 0 Å². The minimum Gasteiger partial charge on any atom is -0.465 e. The highest BCUT2D eigenvalue weighted by Crippen LogP contribution is 2.46. The van der Waals surface area contributed by atoms with Gasteiger partial charge in [0.25, 0.3) is 0 Å². The summed E-state index contributed by atoms with van der Waals surface area (Å²) in [6, 6.07) is 31.5. The highest BCUT2D eigenvalue weighted by molar-refractivity contribution is 5.88. The Morgan fingerprint density at radius 2 is 0.904 bits per heavy atom. The zero-order chi connectivity index (χ0) is 51.6. The van der Waals surface area contributed by atoms with Crippen LogP contribution in [0.15, 0.2) is 97.1 Å². The third-order valence-corrected chi connectivity index (χ3v) is 12.5. The van der Waals surface area contributed by atoms with Crippen molar-refractivity contribution >= 4 is 29.9 Å². The number of carbonyl (C=O) groups excluding carboxylic acids is 3. The Bertz CT molecular complexity index is 2370. The summed E-state index contributed by atoms with van der Waals surface area (Å²) in [5.41, 5.74) is 9.01. The third-order valence-electron chi connectivity index (χ3n) is 12.5. The molecule has 0 unspecified atom stereocenters. The van der Waals surface area contributed by atoms with Crippen LogP contribution in [0.2, 0.25) is 0 Å². The number of amides is 5. The summed E-state index contributed by atoms with van der Waals surface area (Å²) in [5, 5.41) is 27.9. The molecule has 18 heteroatoms. The molecule has 0 aromatic heterocycles. The minimum absolute atomic E-state index is 0.000623. The molecule has 6 rings (SSSR count). The highest BCUT2D eigenvalue weighted by atomic mass is 16.6. The van der Waals surface area contributed by atoms with Crippen molar-refractivity contribution in [2.45, 2.75) is 37.1 Å². The van der Waals surface area contributed by atoms with Crippen molar-refractivity contribution in [2.24, 2.45) is 0 Å². The zero-order valence-electron chi connectivity index (χ0n) is 41.2. The molecule has 2 aliphatic rings. The molecule has 0 bridgehead atoms. The summed E-state index contributed by atoms with van der Waals surface area (Å²) in [4.78, 5) is 64.7. The first-order valence-corrected chi connectivity index (χ1v) is 24.7. The van der Waals surface area contributed by atoms with Gasteiger partial charge in [-0.1, -0.05) is 103 Å². The summed E-state index contributed by atoms with van der Waals surface area (Å²) < 4.78 is 33.2. The van der Waals surface area contributed by atoms with Gasteiger partial charge in [0.1, 0.15) is 19.3 Å². The fourth-order valence-electron chi connectivity index (χ4n) is 8.96. The van der Waals surface area contributed by atoms with Crippen molar-refractivity contribution < 1.29 is 62.6 Å². The van der Waals surface area contributed by atoms with E-state index in [9.17, 15) is 34.2 Å². The summed E-state index contributed by atoms with van der Waals surface area (Å²) in [5.74, 6) is 1.00. The van der Waals surface area contributed by atoms with Gasteiger partial charge < -0.3 is 64.4 Å². The van der Waals surface area contributed by atoms with Crippen molar-refractivity contribution in [3.8, 4) is 34.6 Å². The lowest BCUT2D eigenvalue weighted by Crippen LogP contribution is -2.48. The molecule has 4 aromatic rings. The van der Waals surface area contributed by atoms with Gasteiger partial charge in [-0.3, -0.25) is 14.4 Å². The Hall–Kier alpha value is -6.85. The number of benzene rings is 4. The quantitative estimate of drug-likeness (QED) is 0.0301. The number of hydrogen-bond acceptors (Lipinski definition) is 11. The van der Waals surface area contributed by atoms with Gasteiger partial charge in [0, 0.05) is 44.6 Å². The summed E-state index contributed by atoms with van der Waals surface area (Å²) >= 11 is 0. The van der Waals surface area contributed by atoms with E-state index in [0.29, 0.717) is 38.9 Å². The lowest BCUT2D eigenvalue weighted by atomic mass is 9.96. The SMILES string of the molecule is C#CCNC(=O)[C@H](CCCCNC(=O)COCCOCCOCCN(CC1c2ccccc2-c2ccccc21)C(=O)O)NC(=O)COCCOCCOCCN(CC1c2ccccc2-c2ccccc21)C(=O)O. The monoisotopic (exact) mass is 1010 g/mol. The molecule has 0 saturated heterocycles. The van der Waals surface area contributed by atoms with E-state index in [2.05, 4.69) is 70.4 Å². The number of nitrogens with zero attached hydrogens (tertiary/aromatic N) is 2. The standard InChI is InChI=1S/C55H67N5O13/c1-2-22-57-53(63)50(58-52(62)39-73-35-33-71-31-29-69-27-25-60(55(66)67)37-49-46-19-9-5-15-42(46)43-16-6-10-20-47(43)49)21-11-12-23-56-51(61)38-72-34-32-70-30-28-68-26-24-59(54(64)65)36-48-44-17-7-3-13-40(44)41-14-4-8-18-45(41)48/h1,3-10,13-20,48-50H,11-12,21-39H2,(H,56,61)(H,57,63)(H,58,62)(H,64,65)(H,66,67)/t50-/m0/s1. The van der Waals surface area contributed by atoms with E-state index in [1.165, 1.54) is 9.80 Å². The van der Waals surface area contributed by atoms with Crippen LogP contribution in [0, 0.1) is 12.3 Å². The predicted octanol–water partition coefficient (Wildman–Crippen LogP) is 5.19. The predicted molar refractivity (Wildman–Crippen MR) is 272 cm³/mol. The summed E-state index contributed by atoms with van der Waals surface area (Å²) in [6.07, 6.45) is 4.64. The van der Waals surface area contributed by atoms with Gasteiger partial charge in [-0.05, 0) is 63.8 Å². The van der Waals surface area contributed by atoms with Gasteiger partial charge in [0.05, 0.1) is 72.6 Å². The van der Waals surface area contributed by atoms with Gasteiger partial charge >= 0.3 is 12.2 Å². The van der Waals surface area contributed by atoms with Gasteiger partial charge in [0.15, 0.2) is 0 Å². The smallest absolute Gasteiger partial charge is 0.407 e. The second-order valence-electron chi connectivity index (χ2n) is 17.4. The fraction of sp³-hybridized carbons (Fsp3) is 0.436. The van der Waals surface area contributed by atoms with Crippen LogP contribution in [0.4, 0.5) is 9.59 Å². The van der Waals surface area contributed by atoms with E-state index < -0.39 is 30.0 Å². The van der Waals surface area contributed by atoms with E-state index in [1.807, 2.05) is 48.5 Å². The van der Waals surface area contributed by atoms with Gasteiger partial charge in [-0.2, -0.15) is 0 Å². The number of ether oxygens (including phenoxy) is 6. The lowest BCUT2D eigenvalue weighted by molar-refractivity contribution is -0.132. The molecule has 5 amide bonds. The molecule has 0 aliphatic heterocycles. The van der Waals surface area contributed by atoms with Crippen LogP contribution in [-0.4, -0.2) is 175 Å². The highest BCUT2D eigenvalue weighted by Gasteiger charge is 2.32. The Kier molecular flexibility index (Phi) is 23.0. The molecule has 0 spiro atoms. The van der Waals surface area contributed by atoms with Crippen LogP contribution in [0.25, 0.3) is 22.3 Å². The molecule has 390 valence electrons. The second-order valence-corrected chi connectivity index (χ2v) is 17.4. The van der Waals surface area contributed by atoms with Crippen LogP contribution in [0.3, 0.4) is 0 Å². The molecule has 73 heavy (non-hydrogen) atoms. The van der Waals surface area contributed by atoms with Crippen LogP contribution in [0.1, 0.15) is 53.4 Å². The molecule has 5 N–H and O–H groups in total. The molecular formula is C55H67N5O13. The van der Waals surface area contributed by atoms with Crippen molar-refractivity contribution in [1.29, 1.82) is 0 Å². The average Bonchev–Trinajstić information content (AvgIpc) is 3.89. The van der Waals surface area contributed by atoms with E-state index in [1.54, 1.807) is 0 Å². The van der Waals surface area contributed by atoms with E-state index in [-0.39, 0.29) is 117 Å². The maximum atomic E-state index is 12.7. The summed E-state index contributed by atoms with van der Waals surface area (Å²) in [7, 11) is 0. The summed E-state index contributed by atoms with van der Waals surface area (Å²) in [6.45, 7) is 3.16. The Labute approximate surface area is 426 Å². The number of hydrogen-bond donors (Lipinski definition) is 5. The van der Waals surface area contributed by atoms with Crippen LogP contribution in [-0.2, 0) is 42.8 Å². The maximum Gasteiger partial charge on any atom is 0.407 e. The molecule has 0 fully saturated rings. The number of carbonyl (C=O) groups is 5. The molecular weight excluding hydrogens is 939 g/mol. The number of nitrogens with one attached hydrogen (secondary N) is 3. The minimum atomic E-state index is -1.01. The van der Waals surface area contributed by atoms with E-state index >= 15 is 0 Å². The van der Waals surface area contributed by atoms with Crippen LogP contribution >= 0.6 is 0 Å². The average molecular weight is 1010 g/mol. The van der Waals surface area contributed by atoms with Crippen molar-refractivity contribution in [2.75, 3.05) is 119 Å². The molecule has 2 aliphatic carbocycles. The number of terminal acetylenes is 1. The maximum absolute atomic E-state index is 12.7. The lowest BCUT2D eigenvalue weighted by Gasteiger charge is -2.24. The Balaban J connectivity index is 0.743. The topological polar surface area (TPSA) is 224 Å². The van der Waals surface area contributed by atoms with Crippen LogP contribution < -0.4 is 16.0 Å². The van der Waals surface area contributed by atoms with Gasteiger partial charge in [-0.15, -0.1) is 6.42 Å². The molecule has 0 heterocycles. The molecule has 1 atom stereocenters. The largest absolute Gasteiger partial charge is 0.465 e. The first kappa shape index (κ1) is 55.5. The molecule has 0 radical (unpaired) electrons. The third kappa shape index (κ3) is 17.1. The van der Waals surface area contributed by atoms with E-state index in [0.717, 1.165) is 44.5 Å².